The lowest BCUT2D eigenvalue weighted by Gasteiger charge is -2.16. The van der Waals surface area contributed by atoms with Gasteiger partial charge in [0.05, 0.1) is 6.10 Å². The van der Waals surface area contributed by atoms with Crippen LogP contribution in [0.5, 0.6) is 5.75 Å². The molecule has 1 N–H and O–H groups in total. The first kappa shape index (κ1) is 20.8. The van der Waals surface area contributed by atoms with Crippen LogP contribution in [0.3, 0.4) is 0 Å². The molecule has 3 aromatic rings. The minimum Gasteiger partial charge on any atom is -0.488 e. The Kier molecular flexibility index (Phi) is 6.80. The van der Waals surface area contributed by atoms with Crippen LogP contribution in [0, 0.1) is 11.6 Å². The van der Waals surface area contributed by atoms with Gasteiger partial charge in [0, 0.05) is 17.7 Å². The highest BCUT2D eigenvalue weighted by Gasteiger charge is 2.18. The summed E-state index contributed by atoms with van der Waals surface area (Å²) in [5.41, 5.74) is 0.758. The van der Waals surface area contributed by atoms with E-state index in [1.165, 1.54) is 29.4 Å². The second-order valence-electron chi connectivity index (χ2n) is 7.08. The van der Waals surface area contributed by atoms with Gasteiger partial charge in [-0.1, -0.05) is 26.2 Å². The maximum atomic E-state index is 14.7. The van der Waals surface area contributed by atoms with E-state index in [0.717, 1.165) is 25.7 Å². The fourth-order valence-electron chi connectivity index (χ4n) is 3.16. The lowest BCUT2D eigenvalue weighted by molar-refractivity contribution is -0.670. The van der Waals surface area contributed by atoms with Crippen LogP contribution >= 0.6 is 0 Å². The van der Waals surface area contributed by atoms with Crippen molar-refractivity contribution in [1.29, 1.82) is 0 Å². The number of nitrogens with zero attached hydrogens (tertiary/aromatic N) is 1. The number of nitrogens with one attached hydrogen (secondary N) is 1. The molecule has 0 aliphatic carbocycles. The lowest BCUT2D eigenvalue weighted by Crippen LogP contribution is -2.31. The van der Waals surface area contributed by atoms with Gasteiger partial charge in [-0.3, -0.25) is 4.52 Å². The van der Waals surface area contributed by atoms with Crippen LogP contribution in [0.15, 0.2) is 51.9 Å². The quantitative estimate of drug-likeness (QED) is 0.407. The number of hydrogen-bond donors (Lipinski definition) is 1. The van der Waals surface area contributed by atoms with Crippen LogP contribution in [-0.2, 0) is 0 Å². The number of aromatic nitrogens is 2. The van der Waals surface area contributed by atoms with Crippen LogP contribution in [0.1, 0.15) is 46.0 Å². The van der Waals surface area contributed by atoms with E-state index in [1.54, 1.807) is 24.3 Å². The third kappa shape index (κ3) is 5.10. The van der Waals surface area contributed by atoms with Crippen molar-refractivity contribution in [2.45, 2.75) is 52.1 Å². The molecule has 1 heterocycles. The summed E-state index contributed by atoms with van der Waals surface area (Å²) in [7, 11) is 0. The van der Waals surface area contributed by atoms with Crippen LogP contribution < -0.4 is 15.0 Å². The van der Waals surface area contributed by atoms with Gasteiger partial charge in [0.25, 0.3) is 6.20 Å². The molecule has 7 heteroatoms. The minimum atomic E-state index is -0.986. The maximum Gasteiger partial charge on any atom is 0.427 e. The molecule has 154 valence electrons. The molecule has 0 amide bonds. The van der Waals surface area contributed by atoms with Crippen molar-refractivity contribution in [1.82, 2.24) is 5.27 Å². The Bertz CT molecular complexity index is 996. The van der Waals surface area contributed by atoms with Crippen molar-refractivity contribution in [3.05, 3.63) is 64.6 Å². The zero-order chi connectivity index (χ0) is 20.8. The molecular weight excluding hydrogens is 378 g/mol. The highest BCUT2D eigenvalue weighted by atomic mass is 19.2. The standard InChI is InChI=1S/C22H24F2N2O3/c1-3-4-5-6-7-15(2)28-19-13-12-18(21(23)22(19)24)16-8-10-17(11-9-16)26-14-20(27)29-25-26/h8-15H,3-7H2,1-2H3/p+1/t15-/m1/s1. The lowest BCUT2D eigenvalue weighted by atomic mass is 10.0. The molecule has 0 radical (unpaired) electrons. The first-order valence-corrected chi connectivity index (χ1v) is 9.85. The van der Waals surface area contributed by atoms with E-state index in [1.807, 2.05) is 6.92 Å². The number of unbranched alkanes of at least 4 members (excludes halogenated alkanes) is 3. The number of ether oxygens (including phenoxy) is 1. The molecule has 3 rings (SSSR count). The summed E-state index contributed by atoms with van der Waals surface area (Å²) in [5, 5.41) is 2.43. The van der Waals surface area contributed by atoms with Crippen molar-refractivity contribution in [3.63, 3.8) is 0 Å². The maximum absolute atomic E-state index is 14.7. The zero-order valence-electron chi connectivity index (χ0n) is 16.6. The predicted octanol–water partition coefficient (Wildman–Crippen LogP) is 4.93. The minimum absolute atomic E-state index is 0.0719. The Morgan fingerprint density at radius 3 is 2.48 bits per heavy atom. The predicted molar refractivity (Wildman–Crippen MR) is 105 cm³/mol. The summed E-state index contributed by atoms with van der Waals surface area (Å²) in [4.78, 5) is 11.1. The third-order valence-corrected chi connectivity index (χ3v) is 4.77. The molecule has 0 aliphatic heterocycles. The van der Waals surface area contributed by atoms with E-state index in [9.17, 15) is 13.6 Å². The van der Waals surface area contributed by atoms with E-state index < -0.39 is 17.3 Å². The van der Waals surface area contributed by atoms with Crippen LogP contribution in [0.25, 0.3) is 16.8 Å². The Morgan fingerprint density at radius 2 is 1.83 bits per heavy atom. The van der Waals surface area contributed by atoms with Gasteiger partial charge in [-0.05, 0) is 59.5 Å². The molecule has 2 aromatic carbocycles. The molecule has 0 bridgehead atoms. The molecule has 0 unspecified atom stereocenters. The third-order valence-electron chi connectivity index (χ3n) is 4.77. The first-order valence-electron chi connectivity index (χ1n) is 9.85. The summed E-state index contributed by atoms with van der Waals surface area (Å²) in [6.07, 6.45) is 6.29. The molecule has 0 aliphatic rings. The van der Waals surface area contributed by atoms with E-state index in [2.05, 4.69) is 16.7 Å². The van der Waals surface area contributed by atoms with Gasteiger partial charge >= 0.3 is 5.63 Å². The first-order chi connectivity index (χ1) is 14.0. The fourth-order valence-corrected chi connectivity index (χ4v) is 3.16. The van der Waals surface area contributed by atoms with Crippen molar-refractivity contribution in [3.8, 4) is 22.6 Å². The van der Waals surface area contributed by atoms with Crippen molar-refractivity contribution in [2.24, 2.45) is 0 Å². The summed E-state index contributed by atoms with van der Waals surface area (Å²) >= 11 is 0. The molecule has 29 heavy (non-hydrogen) atoms. The van der Waals surface area contributed by atoms with Gasteiger partial charge < -0.3 is 4.74 Å². The van der Waals surface area contributed by atoms with E-state index in [-0.39, 0.29) is 17.4 Å². The Labute approximate surface area is 167 Å². The van der Waals surface area contributed by atoms with Gasteiger partial charge in [-0.25, -0.2) is 9.18 Å². The molecular formula is C22H25F2N2O3+. The van der Waals surface area contributed by atoms with Crippen LogP contribution in [0.2, 0.25) is 0 Å². The van der Waals surface area contributed by atoms with E-state index >= 15 is 0 Å². The van der Waals surface area contributed by atoms with Gasteiger partial charge in [-0.2, -0.15) is 4.39 Å². The number of hydrogen-bond acceptors (Lipinski definition) is 3. The van der Waals surface area contributed by atoms with E-state index in [4.69, 9.17) is 4.74 Å². The highest BCUT2D eigenvalue weighted by molar-refractivity contribution is 5.66. The van der Waals surface area contributed by atoms with Gasteiger partial charge in [0.2, 0.25) is 11.5 Å². The SMILES string of the molecule is CCCCCC[C@@H](C)Oc1ccc(-c2ccc(-[n+]3cc(=O)o[nH]3)cc2)c(F)c1F. The average molecular weight is 403 g/mol. The number of halogens is 2. The fraction of sp³-hybridized carbons (Fsp3) is 0.364. The second kappa shape index (κ2) is 9.49. The number of aromatic amines is 1. The Balaban J connectivity index is 1.72. The molecule has 0 saturated carbocycles. The van der Waals surface area contributed by atoms with Crippen molar-refractivity contribution in [2.75, 3.05) is 0 Å². The van der Waals surface area contributed by atoms with Gasteiger partial charge in [0.1, 0.15) is 0 Å². The van der Waals surface area contributed by atoms with Crippen molar-refractivity contribution < 1.29 is 22.7 Å². The number of benzene rings is 2. The molecule has 0 spiro atoms. The summed E-state index contributed by atoms with van der Waals surface area (Å²) in [6, 6.07) is 9.60. The molecule has 1 atom stereocenters. The summed E-state index contributed by atoms with van der Waals surface area (Å²) < 4.78 is 40.8. The topological polar surface area (TPSA) is 59.1 Å². The van der Waals surface area contributed by atoms with Gasteiger partial charge in [-0.15, -0.1) is 0 Å². The monoisotopic (exact) mass is 403 g/mol. The molecule has 0 fully saturated rings. The average Bonchev–Trinajstić information content (AvgIpc) is 3.15. The van der Waals surface area contributed by atoms with Crippen LogP contribution in [0.4, 0.5) is 8.78 Å². The Hall–Kier alpha value is -2.96. The molecule has 0 saturated heterocycles. The summed E-state index contributed by atoms with van der Waals surface area (Å²) in [6.45, 7) is 4.01. The smallest absolute Gasteiger partial charge is 0.427 e. The summed E-state index contributed by atoms with van der Waals surface area (Å²) in [5.74, 6) is -2.00. The highest BCUT2D eigenvalue weighted by Crippen LogP contribution is 2.31. The Morgan fingerprint density at radius 1 is 1.07 bits per heavy atom. The largest absolute Gasteiger partial charge is 0.488 e. The van der Waals surface area contributed by atoms with Crippen molar-refractivity contribution >= 4 is 0 Å². The normalized spacial score (nSPS) is 12.1. The number of rotatable bonds is 9. The second-order valence-corrected chi connectivity index (χ2v) is 7.08. The molecule has 1 aromatic heterocycles. The number of H-pyrrole nitrogens is 1. The zero-order valence-corrected chi connectivity index (χ0v) is 16.6. The van der Waals surface area contributed by atoms with Crippen LogP contribution in [-0.4, -0.2) is 11.4 Å². The van der Waals surface area contributed by atoms with E-state index in [0.29, 0.717) is 11.3 Å². The molecule has 5 nitrogen and oxygen atoms in total. The van der Waals surface area contributed by atoms with Gasteiger partial charge in [0.15, 0.2) is 11.6 Å².